The lowest BCUT2D eigenvalue weighted by Gasteiger charge is -2.40. The Morgan fingerprint density at radius 2 is 1.52 bits per heavy atom. The van der Waals surface area contributed by atoms with Gasteiger partial charge < -0.3 is 14.7 Å². The zero-order chi connectivity index (χ0) is 41.1. The number of hydrogen-bond acceptors (Lipinski definition) is 7. The Morgan fingerprint density at radius 1 is 0.783 bits per heavy atom. The molecule has 5 fully saturated rings. The van der Waals surface area contributed by atoms with E-state index in [1.807, 2.05) is 21.9 Å². The fraction of sp³-hybridized carbons (Fsp3) is 0.521. The second-order valence-corrected chi connectivity index (χ2v) is 18.8. The fourth-order valence-corrected chi connectivity index (χ4v) is 12.0. The van der Waals surface area contributed by atoms with E-state index in [2.05, 4.69) is 27.7 Å². The molecule has 2 saturated carbocycles. The molecule has 12 heteroatoms. The minimum absolute atomic E-state index is 0.0494. The number of imide groups is 1. The van der Waals surface area contributed by atoms with Gasteiger partial charge in [0.15, 0.2) is 0 Å². The number of rotatable bonds is 6. The summed E-state index contributed by atoms with van der Waals surface area (Å²) >= 11 is 6.61. The topological polar surface area (TPSA) is 99.1 Å². The van der Waals surface area contributed by atoms with Crippen molar-refractivity contribution in [1.29, 1.82) is 0 Å². The van der Waals surface area contributed by atoms with Gasteiger partial charge in [0.05, 0.1) is 38.4 Å². The van der Waals surface area contributed by atoms with Gasteiger partial charge in [0.1, 0.15) is 11.6 Å². The lowest BCUT2D eigenvalue weighted by atomic mass is 9.69. The minimum Gasteiger partial charge on any atom is -0.366 e. The molecule has 0 bridgehead atoms. The Balaban J connectivity index is 0.726. The highest BCUT2D eigenvalue weighted by molar-refractivity contribution is 6.35. The van der Waals surface area contributed by atoms with Crippen LogP contribution in [0.1, 0.15) is 113 Å². The number of piperidine rings is 2. The molecule has 2 aliphatic carbocycles. The molecule has 0 radical (unpaired) electrons. The smallest absolute Gasteiger partial charge is 0.282 e. The summed E-state index contributed by atoms with van der Waals surface area (Å²) in [5.41, 5.74) is 4.98. The van der Waals surface area contributed by atoms with E-state index in [9.17, 15) is 19.2 Å². The Bertz CT molecular complexity index is 2390. The van der Waals surface area contributed by atoms with Gasteiger partial charge in [-0.1, -0.05) is 49.1 Å². The predicted octanol–water partition coefficient (Wildman–Crippen LogP) is 8.12. The maximum atomic E-state index is 15.3. The number of likely N-dealkylation sites (tertiary alicyclic amines) is 1. The molecule has 0 N–H and O–H groups in total. The highest BCUT2D eigenvalue weighted by atomic mass is 35.5. The zero-order valence-electron chi connectivity index (χ0n) is 34.3. The van der Waals surface area contributed by atoms with Crippen LogP contribution in [0.3, 0.4) is 0 Å². The zero-order valence-corrected chi connectivity index (χ0v) is 35.1. The number of amides is 3. The van der Waals surface area contributed by atoms with Crippen LogP contribution in [-0.4, -0.2) is 82.9 Å². The molecule has 1 spiro atoms. The Labute approximate surface area is 355 Å². The summed E-state index contributed by atoms with van der Waals surface area (Å²) in [5, 5.41) is 0.959. The van der Waals surface area contributed by atoms with Gasteiger partial charge in [-0.3, -0.25) is 28.6 Å². The van der Waals surface area contributed by atoms with E-state index >= 15 is 4.39 Å². The molecule has 6 aliphatic rings. The van der Waals surface area contributed by atoms with Gasteiger partial charge in [-0.2, -0.15) is 4.98 Å². The largest absolute Gasteiger partial charge is 0.366 e. The van der Waals surface area contributed by atoms with Crippen molar-refractivity contribution in [3.05, 3.63) is 92.7 Å². The van der Waals surface area contributed by atoms with E-state index in [0.717, 1.165) is 100 Å². The lowest BCUT2D eigenvalue weighted by molar-refractivity contribution is -0.137. The molecule has 10 rings (SSSR count). The molecule has 10 nitrogen and oxygen atoms in total. The van der Waals surface area contributed by atoms with E-state index in [4.69, 9.17) is 16.6 Å². The number of benzene rings is 3. The van der Waals surface area contributed by atoms with Gasteiger partial charge in [0, 0.05) is 57.5 Å². The Kier molecular flexibility index (Phi) is 10.5. The van der Waals surface area contributed by atoms with E-state index in [1.165, 1.54) is 29.3 Å². The molecule has 3 aromatic carbocycles. The molecule has 0 unspecified atom stereocenters. The highest BCUT2D eigenvalue weighted by Gasteiger charge is 2.47. The second kappa shape index (κ2) is 16.0. The molecule has 1 aromatic heterocycles. The molecular formula is C48H54ClFN6O4. The highest BCUT2D eigenvalue weighted by Crippen LogP contribution is 2.52. The number of piperazine rings is 1. The molecule has 4 aromatic rings. The van der Waals surface area contributed by atoms with Crippen molar-refractivity contribution in [1.82, 2.24) is 19.4 Å². The predicted molar refractivity (Wildman–Crippen MR) is 232 cm³/mol. The summed E-state index contributed by atoms with van der Waals surface area (Å²) in [5.74, 6) is 1.22. The van der Waals surface area contributed by atoms with Crippen LogP contribution in [0.2, 0.25) is 5.02 Å². The minimum atomic E-state index is -0.458. The number of carbonyl (C=O) groups excluding carboxylic acids is 3. The Morgan fingerprint density at radius 3 is 2.23 bits per heavy atom. The molecule has 60 heavy (non-hydrogen) atoms. The standard InChI is InChI=1S/C48H54ClFN6O4/c49-37-6-4-7-40-44(37)45(59)51-47-48(20-2-1-3-21-48)36-16-14-34(28-41(36)56(40)47)32-18-22-52(23-19-32)30-31-10-12-33(13-11-31)46(60)54-26-24-53(25-27-54)39-17-15-35(29-38(39)50)55-42(57)8-5-9-43(55)58/h4,6-7,14-17,28-29,31-33H,1-3,5,8-13,18-27,30H2. The number of nitrogens with zero attached hydrogens (tertiary/aromatic N) is 6. The van der Waals surface area contributed by atoms with Gasteiger partial charge in [0.2, 0.25) is 17.7 Å². The average molecular weight is 833 g/mol. The molecule has 3 amide bonds. The van der Waals surface area contributed by atoms with Crippen LogP contribution >= 0.6 is 11.6 Å². The van der Waals surface area contributed by atoms with Crippen LogP contribution in [0.5, 0.6) is 0 Å². The normalized spacial score (nSPS) is 23.7. The van der Waals surface area contributed by atoms with Crippen molar-refractivity contribution >= 4 is 51.6 Å². The quantitative estimate of drug-likeness (QED) is 0.181. The maximum Gasteiger partial charge on any atom is 0.282 e. The third-order valence-corrected chi connectivity index (χ3v) is 15.3. The maximum absolute atomic E-state index is 15.3. The number of carbonyl (C=O) groups is 3. The van der Waals surface area contributed by atoms with E-state index < -0.39 is 5.82 Å². The second-order valence-electron chi connectivity index (χ2n) is 18.3. The fourth-order valence-electron chi connectivity index (χ4n) is 11.7. The molecule has 3 saturated heterocycles. The van der Waals surface area contributed by atoms with Gasteiger partial charge >= 0.3 is 0 Å². The van der Waals surface area contributed by atoms with Crippen molar-refractivity contribution in [2.24, 2.45) is 11.8 Å². The van der Waals surface area contributed by atoms with Crippen molar-refractivity contribution in [3.63, 3.8) is 0 Å². The SMILES string of the molecule is O=C(C1CCC(CN2CCC(c3ccc4c(c3)-n3c(nc(=O)c5c(Cl)cccc53)C43CCCCC3)CC2)CC1)N1CCN(c2ccc(N3C(=O)CCCC3=O)cc2F)CC1. The summed E-state index contributed by atoms with van der Waals surface area (Å²) < 4.78 is 17.6. The third kappa shape index (κ3) is 6.93. The van der Waals surface area contributed by atoms with Crippen LogP contribution in [0.25, 0.3) is 16.6 Å². The first kappa shape index (κ1) is 39.5. The first-order chi connectivity index (χ1) is 29.2. The molecule has 5 heterocycles. The van der Waals surface area contributed by atoms with Gasteiger partial charge in [0.25, 0.3) is 5.56 Å². The first-order valence-electron chi connectivity index (χ1n) is 22.5. The molecule has 0 atom stereocenters. The summed E-state index contributed by atoms with van der Waals surface area (Å²) in [4.78, 5) is 64.2. The van der Waals surface area contributed by atoms with Crippen LogP contribution in [-0.2, 0) is 19.8 Å². The molecule has 4 aliphatic heterocycles. The summed E-state index contributed by atoms with van der Waals surface area (Å²) in [6, 6.07) is 17.4. The first-order valence-corrected chi connectivity index (χ1v) is 22.8. The summed E-state index contributed by atoms with van der Waals surface area (Å²) in [7, 11) is 0. The van der Waals surface area contributed by atoms with Crippen LogP contribution in [0.15, 0.2) is 59.4 Å². The number of anilines is 2. The van der Waals surface area contributed by atoms with E-state index in [0.29, 0.717) is 73.4 Å². The van der Waals surface area contributed by atoms with Crippen molar-refractivity contribution in [2.45, 2.75) is 101 Å². The van der Waals surface area contributed by atoms with Crippen molar-refractivity contribution < 1.29 is 18.8 Å². The Hall–Kier alpha value is -4.61. The van der Waals surface area contributed by atoms with Crippen LogP contribution < -0.4 is 15.4 Å². The van der Waals surface area contributed by atoms with Crippen LogP contribution in [0.4, 0.5) is 15.8 Å². The van der Waals surface area contributed by atoms with Gasteiger partial charge in [-0.05, 0) is 124 Å². The van der Waals surface area contributed by atoms with Gasteiger partial charge in [-0.25, -0.2) is 4.39 Å². The van der Waals surface area contributed by atoms with Crippen molar-refractivity contribution in [3.8, 4) is 5.69 Å². The van der Waals surface area contributed by atoms with Crippen LogP contribution in [0, 0.1) is 17.7 Å². The number of halogens is 2. The monoisotopic (exact) mass is 832 g/mol. The average Bonchev–Trinajstić information content (AvgIpc) is 3.51. The lowest BCUT2D eigenvalue weighted by Crippen LogP contribution is -2.51. The third-order valence-electron chi connectivity index (χ3n) is 15.0. The van der Waals surface area contributed by atoms with E-state index in [1.54, 1.807) is 18.2 Å². The van der Waals surface area contributed by atoms with Crippen molar-refractivity contribution in [2.75, 3.05) is 55.6 Å². The number of fused-ring (bicyclic) bond motifs is 7. The number of hydrogen-bond donors (Lipinski definition) is 0. The summed E-state index contributed by atoms with van der Waals surface area (Å²) in [6.07, 6.45) is 12.8. The summed E-state index contributed by atoms with van der Waals surface area (Å²) in [6.45, 7) is 5.40. The number of aromatic nitrogens is 2. The molecule has 314 valence electrons. The molecular weight excluding hydrogens is 779 g/mol. The van der Waals surface area contributed by atoms with Gasteiger partial charge in [-0.15, -0.1) is 0 Å². The van der Waals surface area contributed by atoms with E-state index in [-0.39, 0.29) is 40.3 Å².